The van der Waals surface area contributed by atoms with Crippen LogP contribution in [0.2, 0.25) is 0 Å². The smallest absolute Gasteiger partial charge is 0.128 e. The lowest BCUT2D eigenvalue weighted by atomic mass is 10.1. The summed E-state index contributed by atoms with van der Waals surface area (Å²) < 4.78 is 13.8. The fourth-order valence-electron chi connectivity index (χ4n) is 2.68. The molecule has 1 heterocycles. The van der Waals surface area contributed by atoms with Crippen LogP contribution in [0.15, 0.2) is 24.3 Å². The van der Waals surface area contributed by atoms with E-state index in [4.69, 9.17) is 0 Å². The molecule has 1 aliphatic heterocycles. The maximum Gasteiger partial charge on any atom is 0.128 e. The van der Waals surface area contributed by atoms with Crippen molar-refractivity contribution in [3.63, 3.8) is 0 Å². The van der Waals surface area contributed by atoms with Crippen LogP contribution in [0.3, 0.4) is 0 Å². The number of hydrogen-bond donors (Lipinski definition) is 1. The molecule has 1 aliphatic rings. The number of benzene rings is 1. The molecule has 0 radical (unpaired) electrons. The predicted octanol–water partition coefficient (Wildman–Crippen LogP) is 2.96. The molecule has 1 N–H and O–H groups in total. The van der Waals surface area contributed by atoms with E-state index in [1.807, 2.05) is 19.2 Å². The Bertz CT molecular complexity index is 359. The van der Waals surface area contributed by atoms with E-state index in [-0.39, 0.29) is 11.9 Å². The van der Waals surface area contributed by atoms with Crippen LogP contribution < -0.4 is 5.32 Å². The van der Waals surface area contributed by atoms with Crippen molar-refractivity contribution in [2.75, 3.05) is 26.7 Å². The zero-order chi connectivity index (χ0) is 12.8. The molecule has 18 heavy (non-hydrogen) atoms. The van der Waals surface area contributed by atoms with E-state index >= 15 is 0 Å². The van der Waals surface area contributed by atoms with Crippen LogP contribution in [0.5, 0.6) is 0 Å². The lowest BCUT2D eigenvalue weighted by molar-refractivity contribution is 0.253. The van der Waals surface area contributed by atoms with Crippen molar-refractivity contribution >= 4 is 0 Å². The Kier molecular flexibility index (Phi) is 5.14. The highest BCUT2D eigenvalue weighted by molar-refractivity contribution is 5.21. The molecule has 3 heteroatoms. The minimum absolute atomic E-state index is 0.0873. The molecule has 1 unspecified atom stereocenters. The van der Waals surface area contributed by atoms with E-state index in [2.05, 4.69) is 10.2 Å². The quantitative estimate of drug-likeness (QED) is 0.884. The number of halogens is 1. The molecule has 0 aromatic heterocycles. The van der Waals surface area contributed by atoms with Crippen molar-refractivity contribution in [1.82, 2.24) is 10.2 Å². The van der Waals surface area contributed by atoms with E-state index < -0.39 is 0 Å². The number of hydrogen-bond acceptors (Lipinski definition) is 2. The zero-order valence-electron chi connectivity index (χ0n) is 11.2. The predicted molar refractivity (Wildman–Crippen MR) is 73.1 cm³/mol. The fraction of sp³-hybridized carbons (Fsp3) is 0.600. The van der Waals surface area contributed by atoms with E-state index in [0.717, 1.165) is 25.2 Å². The highest BCUT2D eigenvalue weighted by Gasteiger charge is 2.18. The Morgan fingerprint density at radius 3 is 2.44 bits per heavy atom. The molecule has 2 rings (SSSR count). The van der Waals surface area contributed by atoms with Gasteiger partial charge >= 0.3 is 0 Å². The Morgan fingerprint density at radius 2 is 1.83 bits per heavy atom. The second-order valence-corrected chi connectivity index (χ2v) is 5.08. The van der Waals surface area contributed by atoms with Gasteiger partial charge in [0.25, 0.3) is 0 Å². The Balaban J connectivity index is 2.02. The molecular formula is C15H23FN2. The molecule has 1 aromatic carbocycles. The molecule has 0 saturated carbocycles. The van der Waals surface area contributed by atoms with Gasteiger partial charge in [-0.15, -0.1) is 0 Å². The zero-order valence-corrected chi connectivity index (χ0v) is 11.2. The van der Waals surface area contributed by atoms with Crippen LogP contribution in [-0.2, 0) is 0 Å². The highest BCUT2D eigenvalue weighted by atomic mass is 19.1. The fourth-order valence-corrected chi connectivity index (χ4v) is 2.68. The molecule has 0 aliphatic carbocycles. The largest absolute Gasteiger partial charge is 0.312 e. The van der Waals surface area contributed by atoms with Crippen LogP contribution in [0.25, 0.3) is 0 Å². The maximum atomic E-state index is 13.8. The van der Waals surface area contributed by atoms with Gasteiger partial charge < -0.3 is 10.2 Å². The summed E-state index contributed by atoms with van der Waals surface area (Å²) in [5, 5.41) is 3.25. The van der Waals surface area contributed by atoms with Crippen molar-refractivity contribution in [2.24, 2.45) is 0 Å². The summed E-state index contributed by atoms with van der Waals surface area (Å²) in [7, 11) is 1.91. The summed E-state index contributed by atoms with van der Waals surface area (Å²) in [6.45, 7) is 3.19. The Morgan fingerprint density at radius 1 is 1.17 bits per heavy atom. The second-order valence-electron chi connectivity index (χ2n) is 5.08. The van der Waals surface area contributed by atoms with Gasteiger partial charge in [0.2, 0.25) is 0 Å². The SMILES string of the molecule is CNC(CN1CCCCCC1)c1ccccc1F. The number of likely N-dealkylation sites (N-methyl/N-ethyl adjacent to an activating group) is 1. The van der Waals surface area contributed by atoms with Crippen molar-refractivity contribution < 1.29 is 4.39 Å². The monoisotopic (exact) mass is 250 g/mol. The van der Waals surface area contributed by atoms with Crippen LogP contribution in [-0.4, -0.2) is 31.6 Å². The van der Waals surface area contributed by atoms with E-state index in [1.165, 1.54) is 25.7 Å². The lowest BCUT2D eigenvalue weighted by Gasteiger charge is -2.26. The topological polar surface area (TPSA) is 15.3 Å². The molecule has 0 bridgehead atoms. The van der Waals surface area contributed by atoms with Crippen molar-refractivity contribution in [3.8, 4) is 0 Å². The summed E-state index contributed by atoms with van der Waals surface area (Å²) in [5.74, 6) is -0.105. The standard InChI is InChI=1S/C15H23FN2/c1-17-15(13-8-4-5-9-14(13)16)12-18-10-6-2-3-7-11-18/h4-5,8-9,15,17H,2-3,6-7,10-12H2,1H3. The molecule has 0 amide bonds. The molecule has 1 aromatic rings. The maximum absolute atomic E-state index is 13.8. The van der Waals surface area contributed by atoms with Gasteiger partial charge in [0.05, 0.1) is 0 Å². The summed E-state index contributed by atoms with van der Waals surface area (Å²) >= 11 is 0. The number of rotatable bonds is 4. The van der Waals surface area contributed by atoms with Gasteiger partial charge in [0.15, 0.2) is 0 Å². The third-order valence-corrected chi connectivity index (χ3v) is 3.77. The van der Waals surface area contributed by atoms with Crippen molar-refractivity contribution in [2.45, 2.75) is 31.7 Å². The van der Waals surface area contributed by atoms with Gasteiger partial charge in [0.1, 0.15) is 5.82 Å². The average molecular weight is 250 g/mol. The summed E-state index contributed by atoms with van der Waals surface area (Å²) in [4.78, 5) is 2.46. The first-order chi connectivity index (χ1) is 8.81. The third-order valence-electron chi connectivity index (χ3n) is 3.77. The molecule has 100 valence electrons. The molecule has 1 saturated heterocycles. The molecule has 1 fully saturated rings. The first kappa shape index (κ1) is 13.5. The van der Waals surface area contributed by atoms with Crippen molar-refractivity contribution in [3.05, 3.63) is 35.6 Å². The molecule has 1 atom stereocenters. The summed E-state index contributed by atoms with van der Waals surface area (Å²) in [6.07, 6.45) is 5.21. The van der Waals surface area contributed by atoms with Crippen LogP contribution in [0, 0.1) is 5.82 Å². The van der Waals surface area contributed by atoms with Crippen LogP contribution in [0.4, 0.5) is 4.39 Å². The molecular weight excluding hydrogens is 227 g/mol. The third kappa shape index (κ3) is 3.53. The van der Waals surface area contributed by atoms with Gasteiger partial charge in [-0.3, -0.25) is 0 Å². The molecule has 2 nitrogen and oxygen atoms in total. The van der Waals surface area contributed by atoms with E-state index in [1.54, 1.807) is 12.1 Å². The van der Waals surface area contributed by atoms with Crippen LogP contribution in [0.1, 0.15) is 37.3 Å². The summed E-state index contributed by atoms with van der Waals surface area (Å²) in [6, 6.07) is 7.17. The van der Waals surface area contributed by atoms with Gasteiger partial charge in [-0.2, -0.15) is 0 Å². The lowest BCUT2D eigenvalue weighted by Crippen LogP contribution is -2.34. The first-order valence-electron chi connectivity index (χ1n) is 6.95. The van der Waals surface area contributed by atoms with Crippen LogP contribution >= 0.6 is 0 Å². The Hall–Kier alpha value is -0.930. The second kappa shape index (κ2) is 6.86. The van der Waals surface area contributed by atoms with Gasteiger partial charge in [-0.1, -0.05) is 31.0 Å². The number of nitrogens with one attached hydrogen (secondary N) is 1. The first-order valence-corrected chi connectivity index (χ1v) is 6.95. The Labute approximate surface area is 109 Å². The van der Waals surface area contributed by atoms with Crippen molar-refractivity contribution in [1.29, 1.82) is 0 Å². The van der Waals surface area contributed by atoms with E-state index in [9.17, 15) is 4.39 Å². The number of nitrogens with zero attached hydrogens (tertiary/aromatic N) is 1. The van der Waals surface area contributed by atoms with E-state index in [0.29, 0.717) is 0 Å². The van der Waals surface area contributed by atoms with Gasteiger partial charge in [-0.25, -0.2) is 4.39 Å². The minimum atomic E-state index is -0.105. The summed E-state index contributed by atoms with van der Waals surface area (Å²) in [5.41, 5.74) is 0.782. The normalized spacial score (nSPS) is 19.4. The molecule has 0 spiro atoms. The van der Waals surface area contributed by atoms with Gasteiger partial charge in [0, 0.05) is 18.2 Å². The minimum Gasteiger partial charge on any atom is -0.312 e. The highest BCUT2D eigenvalue weighted by Crippen LogP contribution is 2.19. The average Bonchev–Trinajstić information content (AvgIpc) is 2.65. The number of likely N-dealkylation sites (tertiary alicyclic amines) is 1. The van der Waals surface area contributed by atoms with Gasteiger partial charge in [-0.05, 0) is 39.0 Å².